The number of ether oxygens (including phenoxy) is 4. The number of hydrogen-bond acceptors (Lipinski definition) is 15. The highest BCUT2D eigenvalue weighted by Gasteiger charge is 2.30. The van der Waals surface area contributed by atoms with Crippen LogP contribution in [-0.4, -0.2) is 96.7 Å². The van der Waals surface area contributed by atoms with Gasteiger partial charge in [-0.2, -0.15) is 0 Å². The maximum Gasteiger partial charge on any atom is 0.472 e. The van der Waals surface area contributed by atoms with Crippen molar-refractivity contribution in [3.8, 4) is 0 Å². The second-order valence-corrected chi connectivity index (χ2v) is 27.1. The highest BCUT2D eigenvalue weighted by Crippen LogP contribution is 2.45. The zero-order valence-corrected chi connectivity index (χ0v) is 54.9. The van der Waals surface area contributed by atoms with E-state index in [1.807, 2.05) is 0 Å². The number of carbonyl (C=O) groups excluding carboxylic acids is 4. The fourth-order valence-electron chi connectivity index (χ4n) is 9.19. The zero-order chi connectivity index (χ0) is 61.1. The predicted molar refractivity (Wildman–Crippen MR) is 326 cm³/mol. The van der Waals surface area contributed by atoms with Gasteiger partial charge in [-0.3, -0.25) is 37.3 Å². The first-order chi connectivity index (χ1) is 39.2. The highest BCUT2D eigenvalue weighted by molar-refractivity contribution is 7.47. The first-order valence-corrected chi connectivity index (χ1v) is 35.8. The molecule has 0 aliphatic rings. The number of unbranched alkanes of at least 4 members (excludes halogenated alkanes) is 24. The Morgan fingerprint density at radius 3 is 0.866 bits per heavy atom. The van der Waals surface area contributed by atoms with Crippen LogP contribution in [0.2, 0.25) is 0 Å². The average Bonchev–Trinajstić information content (AvgIpc) is 3.45. The van der Waals surface area contributed by atoms with Crippen molar-refractivity contribution in [1.82, 2.24) is 0 Å². The van der Waals surface area contributed by atoms with Gasteiger partial charge in [0.1, 0.15) is 19.3 Å². The Labute approximate surface area is 498 Å². The van der Waals surface area contributed by atoms with Gasteiger partial charge in [0.2, 0.25) is 0 Å². The molecule has 0 radical (unpaired) electrons. The minimum absolute atomic E-state index is 0.100. The Bertz CT molecular complexity index is 1650. The summed E-state index contributed by atoms with van der Waals surface area (Å²) in [6.07, 6.45) is 32.4. The van der Waals surface area contributed by atoms with Gasteiger partial charge in [-0.25, -0.2) is 9.13 Å². The summed E-state index contributed by atoms with van der Waals surface area (Å²) in [5.41, 5.74) is 0. The molecule has 17 nitrogen and oxygen atoms in total. The highest BCUT2D eigenvalue weighted by atomic mass is 31.2. The summed E-state index contributed by atoms with van der Waals surface area (Å²) in [6, 6.07) is 0. The monoisotopic (exact) mass is 1210 g/mol. The van der Waals surface area contributed by atoms with Gasteiger partial charge in [0.05, 0.1) is 26.4 Å². The lowest BCUT2D eigenvalue weighted by Crippen LogP contribution is -2.30. The molecule has 0 aliphatic carbocycles. The molecule has 0 bridgehead atoms. The van der Waals surface area contributed by atoms with E-state index in [-0.39, 0.29) is 25.7 Å². The SMILES string of the molecule is CCC(C)CCCCCCCCCCCCC(=O)O[C@H](COC(=O)CCCCCCCCC(C)C)COP(=O)(O)OC[C@@H](O)COP(=O)(O)OC[C@@H](COC(=O)CCCCCCCCC(C)CC)OC(=O)CCCCCCCCC(C)C. The van der Waals surface area contributed by atoms with E-state index in [0.29, 0.717) is 37.5 Å². The van der Waals surface area contributed by atoms with Crippen molar-refractivity contribution in [2.75, 3.05) is 39.6 Å². The molecule has 19 heteroatoms. The molecule has 0 spiro atoms. The topological polar surface area (TPSA) is 237 Å². The van der Waals surface area contributed by atoms with Crippen LogP contribution in [0.15, 0.2) is 0 Å². The third-order valence-electron chi connectivity index (χ3n) is 15.0. The third-order valence-corrected chi connectivity index (χ3v) is 16.9. The number of rotatable bonds is 60. The van der Waals surface area contributed by atoms with Gasteiger partial charge in [0.25, 0.3) is 0 Å². The van der Waals surface area contributed by atoms with E-state index in [0.717, 1.165) is 115 Å². The number of phosphoric acid groups is 2. The standard InChI is InChI=1S/C63H122O17P2/c1-9-55(7)41-33-25-15-13-11-12-14-16-29-37-45-62(67)79-58(49-73-60(65)43-35-27-20-17-23-31-39-53(3)4)51-77-81(69,70)75-47-57(64)48-76-82(71,72)78-52-59(80-63(68)46-38-30-21-18-24-32-40-54(5)6)50-74-61(66)44-36-28-22-19-26-34-42-56(8)10-2/h53-59,64H,9-52H2,1-8H3,(H,69,70)(H,71,72)/t55?,56?,57-,58-,59-/m1/s1. The van der Waals surface area contributed by atoms with Crippen LogP contribution in [0.5, 0.6) is 0 Å². The minimum Gasteiger partial charge on any atom is -0.462 e. The molecule has 0 amide bonds. The zero-order valence-electron chi connectivity index (χ0n) is 53.1. The number of aliphatic hydroxyl groups is 1. The van der Waals surface area contributed by atoms with E-state index in [2.05, 4.69) is 55.4 Å². The van der Waals surface area contributed by atoms with Crippen LogP contribution >= 0.6 is 15.6 Å². The third kappa shape index (κ3) is 54.7. The van der Waals surface area contributed by atoms with Crippen LogP contribution in [0.3, 0.4) is 0 Å². The van der Waals surface area contributed by atoms with Crippen LogP contribution in [0.25, 0.3) is 0 Å². The van der Waals surface area contributed by atoms with E-state index in [9.17, 15) is 43.2 Å². The molecule has 7 atom stereocenters. The molecule has 0 aromatic carbocycles. The summed E-state index contributed by atoms with van der Waals surface area (Å²) < 4.78 is 67.9. The Kier molecular flexibility index (Phi) is 52.0. The summed E-state index contributed by atoms with van der Waals surface area (Å²) in [4.78, 5) is 72.1. The molecule has 0 saturated carbocycles. The maximum atomic E-state index is 13.0. The van der Waals surface area contributed by atoms with Gasteiger partial charge in [-0.15, -0.1) is 0 Å². The second kappa shape index (κ2) is 53.3. The van der Waals surface area contributed by atoms with Gasteiger partial charge in [0, 0.05) is 25.7 Å². The van der Waals surface area contributed by atoms with E-state index in [4.69, 9.17) is 37.0 Å². The smallest absolute Gasteiger partial charge is 0.462 e. The summed E-state index contributed by atoms with van der Waals surface area (Å²) in [7, 11) is -9.89. The molecule has 0 fully saturated rings. The van der Waals surface area contributed by atoms with Gasteiger partial charge in [-0.05, 0) is 49.4 Å². The molecule has 0 aliphatic heterocycles. The summed E-state index contributed by atoms with van der Waals surface area (Å²) in [6.45, 7) is 13.9. The lowest BCUT2D eigenvalue weighted by Gasteiger charge is -2.21. The Balaban J connectivity index is 5.24. The molecular formula is C63H122O17P2. The van der Waals surface area contributed by atoms with Crippen molar-refractivity contribution < 1.29 is 80.2 Å². The number of carbonyl (C=O) groups is 4. The van der Waals surface area contributed by atoms with Crippen molar-refractivity contribution >= 4 is 39.5 Å². The normalized spacial score (nSPS) is 15.1. The molecule has 0 aromatic heterocycles. The van der Waals surface area contributed by atoms with E-state index < -0.39 is 97.5 Å². The van der Waals surface area contributed by atoms with Crippen LogP contribution in [0.1, 0.15) is 299 Å². The van der Waals surface area contributed by atoms with Crippen molar-refractivity contribution in [2.45, 2.75) is 318 Å². The molecular weight excluding hydrogens is 1090 g/mol. The van der Waals surface area contributed by atoms with Crippen LogP contribution in [0, 0.1) is 23.7 Å². The van der Waals surface area contributed by atoms with Gasteiger partial charge < -0.3 is 33.8 Å². The number of esters is 4. The van der Waals surface area contributed by atoms with Crippen LogP contribution < -0.4 is 0 Å². The maximum absolute atomic E-state index is 13.0. The Morgan fingerprint density at radius 2 is 0.585 bits per heavy atom. The van der Waals surface area contributed by atoms with Crippen molar-refractivity contribution in [2.24, 2.45) is 23.7 Å². The van der Waals surface area contributed by atoms with Crippen LogP contribution in [0.4, 0.5) is 0 Å². The Hall–Kier alpha value is -1.94. The molecule has 0 rings (SSSR count). The molecule has 3 N–H and O–H groups in total. The quantitative estimate of drug-likeness (QED) is 0.0222. The van der Waals surface area contributed by atoms with Crippen molar-refractivity contribution in [3.05, 3.63) is 0 Å². The number of aliphatic hydroxyl groups excluding tert-OH is 1. The summed E-state index contributed by atoms with van der Waals surface area (Å²) >= 11 is 0. The average molecular weight is 1210 g/mol. The Morgan fingerprint density at radius 1 is 0.341 bits per heavy atom. The summed E-state index contributed by atoms with van der Waals surface area (Å²) in [5, 5.41) is 10.5. The van der Waals surface area contributed by atoms with Crippen molar-refractivity contribution in [1.29, 1.82) is 0 Å². The van der Waals surface area contributed by atoms with Gasteiger partial charge in [0.15, 0.2) is 12.2 Å². The van der Waals surface area contributed by atoms with E-state index >= 15 is 0 Å². The second-order valence-electron chi connectivity index (χ2n) is 24.2. The molecule has 486 valence electrons. The predicted octanol–water partition coefficient (Wildman–Crippen LogP) is 17.0. The van der Waals surface area contributed by atoms with Gasteiger partial charge in [-0.1, -0.05) is 248 Å². The fourth-order valence-corrected chi connectivity index (χ4v) is 10.8. The number of hydrogen-bond donors (Lipinski definition) is 3. The lowest BCUT2D eigenvalue weighted by atomic mass is 9.99. The molecule has 0 heterocycles. The summed E-state index contributed by atoms with van der Waals surface area (Å²) in [5.74, 6) is 0.736. The first kappa shape index (κ1) is 80.1. The number of phosphoric ester groups is 2. The van der Waals surface area contributed by atoms with E-state index in [1.54, 1.807) is 0 Å². The molecule has 0 saturated heterocycles. The fraction of sp³-hybridized carbons (Fsp3) is 0.937. The minimum atomic E-state index is -4.94. The first-order valence-electron chi connectivity index (χ1n) is 32.8. The largest absolute Gasteiger partial charge is 0.472 e. The molecule has 82 heavy (non-hydrogen) atoms. The van der Waals surface area contributed by atoms with E-state index in [1.165, 1.54) is 89.9 Å². The van der Waals surface area contributed by atoms with Gasteiger partial charge >= 0.3 is 39.5 Å². The molecule has 4 unspecified atom stereocenters. The lowest BCUT2D eigenvalue weighted by molar-refractivity contribution is -0.161. The molecule has 0 aromatic rings. The van der Waals surface area contributed by atoms with Crippen LogP contribution in [-0.2, 0) is 65.4 Å². The van der Waals surface area contributed by atoms with Crippen molar-refractivity contribution in [3.63, 3.8) is 0 Å².